The Hall–Kier alpha value is -0.540. The number of benzene rings is 1. The Morgan fingerprint density at radius 2 is 2.18 bits per heavy atom. The van der Waals surface area contributed by atoms with E-state index in [1.807, 2.05) is 35.0 Å². The Morgan fingerprint density at radius 1 is 1.41 bits per heavy atom. The third-order valence-electron chi connectivity index (χ3n) is 2.56. The average Bonchev–Trinajstić information content (AvgIpc) is 2.38. The van der Waals surface area contributed by atoms with Gasteiger partial charge in [-0.25, -0.2) is 9.65 Å². The van der Waals surface area contributed by atoms with Crippen LogP contribution in [0.3, 0.4) is 0 Å². The van der Waals surface area contributed by atoms with Crippen LogP contribution in [0.1, 0.15) is 6.42 Å². The molecule has 1 aliphatic rings. The molecule has 1 N–H and O–H groups in total. The summed E-state index contributed by atoms with van der Waals surface area (Å²) in [4.78, 5) is 0. The number of rotatable bonds is 4. The predicted molar refractivity (Wildman–Crippen MR) is 70.7 cm³/mol. The molecule has 0 aliphatic carbocycles. The fourth-order valence-electron chi connectivity index (χ4n) is 1.80. The lowest BCUT2D eigenvalue weighted by atomic mass is 10.3. The zero-order valence-electron chi connectivity index (χ0n) is 9.51. The van der Waals surface area contributed by atoms with Gasteiger partial charge in [-0.15, -0.1) is 11.6 Å². The van der Waals surface area contributed by atoms with Gasteiger partial charge in [-0.2, -0.15) is 0 Å². The standard InChI is InChI=1S/C11H16ClN2O2P/c12-7-8-13-17(15)14(9-4-10-16-17)11-5-2-1-3-6-11/h1-3,5-6H,4,7-10H2,(H,13,15). The SMILES string of the molecule is O=P1(NCCCl)OCCCN1c1ccccc1. The Kier molecular flexibility index (Phi) is 4.46. The summed E-state index contributed by atoms with van der Waals surface area (Å²) >= 11 is 5.62. The first-order chi connectivity index (χ1) is 8.26. The van der Waals surface area contributed by atoms with Crippen molar-refractivity contribution in [2.45, 2.75) is 6.42 Å². The lowest BCUT2D eigenvalue weighted by Crippen LogP contribution is -2.35. The van der Waals surface area contributed by atoms with E-state index >= 15 is 0 Å². The second kappa shape index (κ2) is 5.87. The molecule has 0 bridgehead atoms. The van der Waals surface area contributed by atoms with Crippen LogP contribution in [-0.2, 0) is 9.09 Å². The smallest absolute Gasteiger partial charge is 0.302 e. The molecule has 1 aromatic carbocycles. The van der Waals surface area contributed by atoms with Crippen molar-refractivity contribution in [2.75, 3.05) is 30.2 Å². The van der Waals surface area contributed by atoms with E-state index in [9.17, 15) is 4.57 Å². The van der Waals surface area contributed by atoms with E-state index in [1.54, 1.807) is 0 Å². The van der Waals surface area contributed by atoms with Crippen LogP contribution in [0.25, 0.3) is 0 Å². The van der Waals surface area contributed by atoms with E-state index in [4.69, 9.17) is 16.1 Å². The first-order valence-corrected chi connectivity index (χ1v) is 7.76. The molecule has 0 spiro atoms. The van der Waals surface area contributed by atoms with E-state index in [2.05, 4.69) is 5.09 Å². The van der Waals surface area contributed by atoms with Gasteiger partial charge in [0.1, 0.15) is 0 Å². The van der Waals surface area contributed by atoms with Gasteiger partial charge >= 0.3 is 7.67 Å². The zero-order chi connectivity index (χ0) is 12.1. The Labute approximate surface area is 106 Å². The minimum absolute atomic E-state index is 0.413. The summed E-state index contributed by atoms with van der Waals surface area (Å²) < 4.78 is 19.9. The van der Waals surface area contributed by atoms with Gasteiger partial charge in [0.2, 0.25) is 0 Å². The van der Waals surface area contributed by atoms with Crippen molar-refractivity contribution < 1.29 is 9.09 Å². The Bertz CT molecular complexity index is 402. The van der Waals surface area contributed by atoms with Crippen molar-refractivity contribution in [3.05, 3.63) is 30.3 Å². The van der Waals surface area contributed by atoms with Gasteiger partial charge in [-0.1, -0.05) is 18.2 Å². The quantitative estimate of drug-likeness (QED) is 0.677. The minimum Gasteiger partial charge on any atom is -0.302 e. The molecular formula is C11H16ClN2O2P. The van der Waals surface area contributed by atoms with Crippen molar-refractivity contribution in [1.29, 1.82) is 0 Å². The number of hydrogen-bond acceptors (Lipinski definition) is 2. The molecule has 94 valence electrons. The van der Waals surface area contributed by atoms with Crippen molar-refractivity contribution >= 4 is 25.0 Å². The van der Waals surface area contributed by atoms with E-state index < -0.39 is 7.67 Å². The molecule has 1 heterocycles. The summed E-state index contributed by atoms with van der Waals surface area (Å²) in [5.41, 5.74) is 0.914. The minimum atomic E-state index is -2.96. The first kappa shape index (κ1) is 12.9. The number of hydrogen-bond donors (Lipinski definition) is 1. The first-order valence-electron chi connectivity index (χ1n) is 5.65. The lowest BCUT2D eigenvalue weighted by Gasteiger charge is -2.36. The summed E-state index contributed by atoms with van der Waals surface area (Å²) in [6, 6.07) is 9.66. The summed E-state index contributed by atoms with van der Waals surface area (Å²) in [5, 5.41) is 2.92. The summed E-state index contributed by atoms with van der Waals surface area (Å²) in [6.45, 7) is 1.73. The highest BCUT2D eigenvalue weighted by atomic mass is 35.5. The molecule has 0 aromatic heterocycles. The third kappa shape index (κ3) is 3.02. The van der Waals surface area contributed by atoms with E-state index in [0.717, 1.165) is 18.7 Å². The average molecular weight is 275 g/mol. The molecule has 1 saturated heterocycles. The molecule has 0 radical (unpaired) electrons. The fourth-order valence-corrected chi connectivity index (χ4v) is 4.04. The number of alkyl halides is 1. The number of nitrogens with one attached hydrogen (secondary N) is 1. The maximum Gasteiger partial charge on any atom is 0.368 e. The monoisotopic (exact) mass is 274 g/mol. The topological polar surface area (TPSA) is 41.6 Å². The van der Waals surface area contributed by atoms with Gasteiger partial charge < -0.3 is 4.52 Å². The maximum atomic E-state index is 12.7. The van der Waals surface area contributed by atoms with Crippen molar-refractivity contribution in [3.63, 3.8) is 0 Å². The molecule has 1 fully saturated rings. The highest BCUT2D eigenvalue weighted by Crippen LogP contribution is 2.51. The van der Waals surface area contributed by atoms with Crippen LogP contribution in [0.5, 0.6) is 0 Å². The Balaban J connectivity index is 2.20. The van der Waals surface area contributed by atoms with Crippen LogP contribution in [0.2, 0.25) is 0 Å². The maximum absolute atomic E-state index is 12.7. The van der Waals surface area contributed by atoms with Crippen molar-refractivity contribution in [3.8, 4) is 0 Å². The van der Waals surface area contributed by atoms with Gasteiger partial charge in [-0.05, 0) is 18.6 Å². The van der Waals surface area contributed by atoms with E-state index in [1.165, 1.54) is 0 Å². The number of para-hydroxylation sites is 1. The molecule has 1 unspecified atom stereocenters. The lowest BCUT2D eigenvalue weighted by molar-refractivity contribution is 0.281. The molecule has 1 aromatic rings. The molecule has 6 heteroatoms. The highest BCUT2D eigenvalue weighted by molar-refractivity contribution is 7.58. The number of anilines is 1. The van der Waals surface area contributed by atoms with Crippen LogP contribution in [0.4, 0.5) is 5.69 Å². The second-order valence-corrected chi connectivity index (χ2v) is 6.24. The van der Waals surface area contributed by atoms with Gasteiger partial charge in [-0.3, -0.25) is 4.67 Å². The van der Waals surface area contributed by atoms with Crippen LogP contribution >= 0.6 is 19.3 Å². The molecule has 1 atom stereocenters. The largest absolute Gasteiger partial charge is 0.368 e. The molecule has 0 amide bonds. The zero-order valence-corrected chi connectivity index (χ0v) is 11.2. The summed E-state index contributed by atoms with van der Waals surface area (Å²) in [7, 11) is -2.96. The van der Waals surface area contributed by atoms with Gasteiger partial charge in [0.15, 0.2) is 0 Å². The van der Waals surface area contributed by atoms with Crippen LogP contribution in [-0.4, -0.2) is 25.6 Å². The summed E-state index contributed by atoms with van der Waals surface area (Å²) in [5.74, 6) is 0.413. The Morgan fingerprint density at radius 3 is 2.88 bits per heavy atom. The number of nitrogens with zero attached hydrogens (tertiary/aromatic N) is 1. The van der Waals surface area contributed by atoms with E-state index in [0.29, 0.717) is 19.0 Å². The normalized spacial score (nSPS) is 24.9. The van der Waals surface area contributed by atoms with Gasteiger partial charge in [0, 0.05) is 24.7 Å². The fraction of sp³-hybridized carbons (Fsp3) is 0.455. The molecular weight excluding hydrogens is 259 g/mol. The molecule has 0 saturated carbocycles. The highest BCUT2D eigenvalue weighted by Gasteiger charge is 2.34. The van der Waals surface area contributed by atoms with Crippen LogP contribution < -0.4 is 9.76 Å². The molecule has 17 heavy (non-hydrogen) atoms. The summed E-state index contributed by atoms with van der Waals surface area (Å²) in [6.07, 6.45) is 0.876. The van der Waals surface area contributed by atoms with Crippen molar-refractivity contribution in [2.24, 2.45) is 0 Å². The van der Waals surface area contributed by atoms with Crippen molar-refractivity contribution in [1.82, 2.24) is 5.09 Å². The molecule has 1 aliphatic heterocycles. The number of halogens is 1. The second-order valence-electron chi connectivity index (χ2n) is 3.76. The molecule has 4 nitrogen and oxygen atoms in total. The van der Waals surface area contributed by atoms with E-state index in [-0.39, 0.29) is 0 Å². The predicted octanol–water partition coefficient (Wildman–Crippen LogP) is 2.85. The van der Waals surface area contributed by atoms with Crippen LogP contribution in [0, 0.1) is 0 Å². The molecule has 2 rings (SSSR count). The van der Waals surface area contributed by atoms with Gasteiger partial charge in [0.25, 0.3) is 0 Å². The van der Waals surface area contributed by atoms with Crippen LogP contribution in [0.15, 0.2) is 30.3 Å². The van der Waals surface area contributed by atoms with Gasteiger partial charge in [0.05, 0.1) is 6.61 Å². The third-order valence-corrected chi connectivity index (χ3v) is 4.97.